The lowest BCUT2D eigenvalue weighted by molar-refractivity contribution is -0.896. The molecule has 1 N–H and O–H groups in total. The van der Waals surface area contributed by atoms with Crippen molar-refractivity contribution in [2.75, 3.05) is 39.3 Å². The van der Waals surface area contributed by atoms with Crippen molar-refractivity contribution >= 4 is 15.9 Å². The van der Waals surface area contributed by atoms with Crippen LogP contribution in [0.1, 0.15) is 38.5 Å². The van der Waals surface area contributed by atoms with Gasteiger partial charge in [0.15, 0.2) is 6.54 Å². The topological polar surface area (TPSA) is 62.1 Å². The van der Waals surface area contributed by atoms with Crippen molar-refractivity contribution in [2.24, 2.45) is 5.92 Å². The molecule has 3 aliphatic rings. The number of hydrogen-bond acceptors (Lipinski definition) is 3. The molecule has 8 heteroatoms. The van der Waals surface area contributed by atoms with Gasteiger partial charge < -0.3 is 9.80 Å². The third-order valence-electron chi connectivity index (χ3n) is 6.85. The highest BCUT2D eigenvalue weighted by molar-refractivity contribution is 7.89. The molecule has 1 saturated carbocycles. The summed E-state index contributed by atoms with van der Waals surface area (Å²) in [6.07, 6.45) is 7.25. The predicted octanol–water partition coefficient (Wildman–Crippen LogP) is 0.896. The number of nitrogens with one attached hydrogen (secondary N) is 1. The number of quaternary nitrogens is 1. The van der Waals surface area contributed by atoms with Gasteiger partial charge in [-0.3, -0.25) is 4.79 Å². The van der Waals surface area contributed by atoms with Crippen molar-refractivity contribution in [3.05, 3.63) is 30.1 Å². The molecule has 29 heavy (non-hydrogen) atoms. The highest BCUT2D eigenvalue weighted by atomic mass is 32.2. The number of sulfonamides is 1. The molecule has 0 spiro atoms. The highest BCUT2D eigenvalue weighted by Crippen LogP contribution is 2.35. The van der Waals surface area contributed by atoms with Gasteiger partial charge in [-0.25, -0.2) is 12.8 Å². The standard InChI is InChI=1S/C21H30FN3O3S/c22-18-7-9-19(10-8-18)29(27,28)24-14-12-23(13-15-24)16-21(26)25-11-3-5-17-4-1-2-6-20(17)25/h7-10,17,20H,1-6,11-16H2/p+1/t17-,20-/m1/s1. The van der Waals surface area contributed by atoms with Crippen molar-refractivity contribution < 1.29 is 22.5 Å². The third kappa shape index (κ3) is 4.49. The molecule has 6 nitrogen and oxygen atoms in total. The molecule has 0 aromatic heterocycles. The van der Waals surface area contributed by atoms with Crippen LogP contribution in [-0.2, 0) is 14.8 Å². The van der Waals surface area contributed by atoms with E-state index in [4.69, 9.17) is 0 Å². The molecule has 3 fully saturated rings. The Morgan fingerprint density at radius 1 is 1.00 bits per heavy atom. The van der Waals surface area contributed by atoms with Gasteiger partial charge in [0.2, 0.25) is 10.0 Å². The minimum Gasteiger partial charge on any atom is -0.335 e. The SMILES string of the molecule is O=C(C[NH+]1CCN(S(=O)(=O)c2ccc(F)cc2)CC1)N1CCC[C@H]2CCCC[C@H]21. The Labute approximate surface area is 172 Å². The van der Waals surface area contributed by atoms with Crippen LogP contribution in [0.2, 0.25) is 0 Å². The van der Waals surface area contributed by atoms with Gasteiger partial charge in [-0.2, -0.15) is 4.31 Å². The van der Waals surface area contributed by atoms with E-state index in [0.717, 1.165) is 24.3 Å². The number of benzene rings is 1. The van der Waals surface area contributed by atoms with Crippen molar-refractivity contribution in [1.29, 1.82) is 0 Å². The van der Waals surface area contributed by atoms with E-state index in [2.05, 4.69) is 4.90 Å². The molecule has 1 aromatic carbocycles. The second-order valence-electron chi connectivity index (χ2n) is 8.63. The van der Waals surface area contributed by atoms with Gasteiger partial charge in [0.05, 0.1) is 31.1 Å². The number of carbonyl (C=O) groups excluding carboxylic acids is 1. The Morgan fingerprint density at radius 2 is 1.66 bits per heavy atom. The summed E-state index contributed by atoms with van der Waals surface area (Å²) in [7, 11) is -3.61. The number of fused-ring (bicyclic) bond motifs is 1. The van der Waals surface area contributed by atoms with Crippen LogP contribution in [0.5, 0.6) is 0 Å². The van der Waals surface area contributed by atoms with E-state index in [-0.39, 0.29) is 10.8 Å². The van der Waals surface area contributed by atoms with E-state index >= 15 is 0 Å². The van der Waals surface area contributed by atoms with Crippen LogP contribution >= 0.6 is 0 Å². The monoisotopic (exact) mass is 424 g/mol. The summed E-state index contributed by atoms with van der Waals surface area (Å²) >= 11 is 0. The summed E-state index contributed by atoms with van der Waals surface area (Å²) in [6.45, 7) is 3.33. The zero-order chi connectivity index (χ0) is 20.4. The van der Waals surface area contributed by atoms with Crippen LogP contribution < -0.4 is 4.90 Å². The molecule has 1 aromatic rings. The second kappa shape index (κ2) is 8.70. The van der Waals surface area contributed by atoms with Crippen molar-refractivity contribution in [2.45, 2.75) is 49.5 Å². The Morgan fingerprint density at radius 3 is 2.38 bits per heavy atom. The molecule has 2 atom stereocenters. The second-order valence-corrected chi connectivity index (χ2v) is 10.6. The number of amides is 1. The number of carbonyl (C=O) groups is 1. The summed E-state index contributed by atoms with van der Waals surface area (Å²) in [5.74, 6) is 0.454. The molecule has 2 aliphatic heterocycles. The highest BCUT2D eigenvalue weighted by Gasteiger charge is 2.38. The summed E-state index contributed by atoms with van der Waals surface area (Å²) < 4.78 is 40.1. The first-order valence-corrected chi connectivity index (χ1v) is 12.3. The summed E-state index contributed by atoms with van der Waals surface area (Å²) in [5, 5.41) is 0. The predicted molar refractivity (Wildman–Crippen MR) is 107 cm³/mol. The molecular formula is C21H31FN3O3S+. The van der Waals surface area contributed by atoms with Crippen LogP contribution in [0.3, 0.4) is 0 Å². The molecule has 4 rings (SSSR count). The molecule has 1 aliphatic carbocycles. The minimum absolute atomic E-state index is 0.120. The maximum atomic E-state index is 13.1. The van der Waals surface area contributed by atoms with E-state index in [9.17, 15) is 17.6 Å². The van der Waals surface area contributed by atoms with Crippen molar-refractivity contribution in [1.82, 2.24) is 9.21 Å². The normalized spacial score (nSPS) is 26.9. The van der Waals surface area contributed by atoms with Gasteiger partial charge in [0, 0.05) is 12.6 Å². The van der Waals surface area contributed by atoms with E-state index in [1.165, 1.54) is 54.3 Å². The zero-order valence-corrected chi connectivity index (χ0v) is 17.7. The minimum atomic E-state index is -3.61. The Balaban J connectivity index is 1.32. The van der Waals surface area contributed by atoms with Gasteiger partial charge in [0.1, 0.15) is 5.82 Å². The van der Waals surface area contributed by atoms with Crippen LogP contribution in [0.4, 0.5) is 4.39 Å². The molecule has 1 amide bonds. The summed E-state index contributed by atoms with van der Waals surface area (Å²) in [5.41, 5.74) is 0. The van der Waals surface area contributed by atoms with Crippen LogP contribution in [-0.4, -0.2) is 68.8 Å². The lowest BCUT2D eigenvalue weighted by atomic mass is 9.78. The fraction of sp³-hybridized carbons (Fsp3) is 0.667. The number of halogens is 1. The maximum absolute atomic E-state index is 13.1. The Hall–Kier alpha value is -1.51. The molecule has 2 heterocycles. The van der Waals surface area contributed by atoms with Gasteiger partial charge in [-0.15, -0.1) is 0 Å². The quantitative estimate of drug-likeness (QED) is 0.781. The summed E-state index contributed by atoms with van der Waals surface area (Å²) in [4.78, 5) is 16.4. The smallest absolute Gasteiger partial charge is 0.278 e. The first-order valence-electron chi connectivity index (χ1n) is 10.8. The lowest BCUT2D eigenvalue weighted by Crippen LogP contribution is -3.15. The summed E-state index contributed by atoms with van der Waals surface area (Å²) in [6, 6.07) is 5.38. The fourth-order valence-corrected chi connectivity index (χ4v) is 6.67. The number of rotatable bonds is 4. The van der Waals surface area contributed by atoms with E-state index < -0.39 is 15.8 Å². The Kier molecular flexibility index (Phi) is 6.22. The van der Waals surface area contributed by atoms with E-state index in [1.54, 1.807) is 0 Å². The molecule has 160 valence electrons. The molecular weight excluding hydrogens is 393 g/mol. The van der Waals surface area contributed by atoms with Gasteiger partial charge in [-0.1, -0.05) is 12.8 Å². The number of piperidine rings is 1. The van der Waals surface area contributed by atoms with Crippen molar-refractivity contribution in [3.8, 4) is 0 Å². The first kappa shape index (κ1) is 20.8. The van der Waals surface area contributed by atoms with Crippen LogP contribution in [0, 0.1) is 11.7 Å². The van der Waals surface area contributed by atoms with E-state index in [1.807, 2.05) is 0 Å². The van der Waals surface area contributed by atoms with Gasteiger partial charge in [0.25, 0.3) is 5.91 Å². The fourth-order valence-electron chi connectivity index (χ4n) is 5.23. The first-order chi connectivity index (χ1) is 13.9. The number of piperazine rings is 1. The van der Waals surface area contributed by atoms with Crippen LogP contribution in [0.25, 0.3) is 0 Å². The van der Waals surface area contributed by atoms with Gasteiger partial charge >= 0.3 is 0 Å². The van der Waals surface area contributed by atoms with E-state index in [0.29, 0.717) is 44.7 Å². The molecule has 0 bridgehead atoms. The van der Waals surface area contributed by atoms with Gasteiger partial charge in [-0.05, 0) is 55.9 Å². The Bertz CT molecular complexity index is 820. The third-order valence-corrected chi connectivity index (χ3v) is 8.76. The zero-order valence-electron chi connectivity index (χ0n) is 16.9. The largest absolute Gasteiger partial charge is 0.335 e. The molecule has 0 unspecified atom stereocenters. The average Bonchev–Trinajstić information content (AvgIpc) is 2.74. The maximum Gasteiger partial charge on any atom is 0.278 e. The number of hydrogen-bond donors (Lipinski definition) is 1. The number of nitrogens with zero attached hydrogens (tertiary/aromatic N) is 2. The van der Waals surface area contributed by atoms with Crippen molar-refractivity contribution in [3.63, 3.8) is 0 Å². The van der Waals surface area contributed by atoms with Crippen LogP contribution in [0.15, 0.2) is 29.2 Å². The average molecular weight is 425 g/mol. The molecule has 0 radical (unpaired) electrons. The molecule has 2 saturated heterocycles. The lowest BCUT2D eigenvalue weighted by Gasteiger charge is -2.44. The number of likely N-dealkylation sites (tertiary alicyclic amines) is 1.